The molecular formula is C26H22ClN3O6. The molecule has 0 saturated heterocycles. The summed E-state index contributed by atoms with van der Waals surface area (Å²) in [6, 6.07) is 17.8. The number of aromatic amines is 1. The number of carbonyl (C=O) groups excluding carboxylic acids is 2. The van der Waals surface area contributed by atoms with Crippen molar-refractivity contribution in [3.8, 4) is 5.75 Å². The number of alkyl halides is 1. The molecule has 184 valence electrons. The number of nitrogens with one attached hydrogen (secondary N) is 2. The van der Waals surface area contributed by atoms with Crippen molar-refractivity contribution in [1.82, 2.24) is 14.9 Å². The van der Waals surface area contributed by atoms with E-state index in [2.05, 4.69) is 10.3 Å². The zero-order valence-electron chi connectivity index (χ0n) is 19.2. The number of ether oxygens (including phenoxy) is 2. The maximum Gasteiger partial charge on any atom is 0.339 e. The molecule has 0 atom stereocenters. The summed E-state index contributed by atoms with van der Waals surface area (Å²) >= 11 is 5.41. The van der Waals surface area contributed by atoms with Gasteiger partial charge in [0.1, 0.15) is 5.75 Å². The lowest BCUT2D eigenvalue weighted by Crippen LogP contribution is -2.35. The summed E-state index contributed by atoms with van der Waals surface area (Å²) in [6.07, 6.45) is 0. The second kappa shape index (κ2) is 10.9. The predicted molar refractivity (Wildman–Crippen MR) is 135 cm³/mol. The van der Waals surface area contributed by atoms with Gasteiger partial charge in [-0.15, -0.1) is 0 Å². The third-order valence-electron chi connectivity index (χ3n) is 5.57. The lowest BCUT2D eigenvalue weighted by molar-refractivity contribution is 0.0574. The molecule has 0 aliphatic heterocycles. The van der Waals surface area contributed by atoms with Gasteiger partial charge in [-0.05, 0) is 53.6 Å². The third kappa shape index (κ3) is 5.47. The lowest BCUT2D eigenvalue weighted by Gasteiger charge is -2.09. The van der Waals surface area contributed by atoms with Gasteiger partial charge < -0.3 is 19.8 Å². The van der Waals surface area contributed by atoms with E-state index in [1.807, 2.05) is 12.1 Å². The normalized spacial score (nSPS) is 10.7. The number of H-pyrrole nitrogens is 1. The van der Waals surface area contributed by atoms with Crippen LogP contribution in [0.2, 0.25) is 0 Å². The van der Waals surface area contributed by atoms with Crippen LogP contribution in [0, 0.1) is 0 Å². The van der Waals surface area contributed by atoms with Crippen molar-refractivity contribution < 1.29 is 19.1 Å². The summed E-state index contributed by atoms with van der Waals surface area (Å²) in [6.45, 7) is 0.272. The van der Waals surface area contributed by atoms with Crippen LogP contribution < -0.4 is 21.3 Å². The number of nitrogens with zero attached hydrogens (tertiary/aromatic N) is 1. The standard InChI is InChI=1S/C26H22ClN3O6/c1-35-20-9-4-16(5-10-20)13-28-23(31)19-8-11-22-21(12-19)24(32)30(26(34)29-22)14-17-2-6-18(7-3-17)25(33)36-15-27/h2-12H,13-15H2,1H3,(H,28,31)(H,29,34). The minimum atomic E-state index is -0.588. The van der Waals surface area contributed by atoms with Crippen molar-refractivity contribution in [1.29, 1.82) is 0 Å². The van der Waals surface area contributed by atoms with Crippen molar-refractivity contribution in [3.63, 3.8) is 0 Å². The molecule has 0 unspecified atom stereocenters. The van der Waals surface area contributed by atoms with Crippen LogP contribution in [0.4, 0.5) is 0 Å². The highest BCUT2D eigenvalue weighted by molar-refractivity contribution is 6.17. The number of rotatable bonds is 8. The summed E-state index contributed by atoms with van der Waals surface area (Å²) in [5, 5.41) is 3.02. The Morgan fingerprint density at radius 1 is 0.944 bits per heavy atom. The van der Waals surface area contributed by atoms with Crippen LogP contribution in [0.25, 0.3) is 10.9 Å². The van der Waals surface area contributed by atoms with Crippen LogP contribution in [0.3, 0.4) is 0 Å². The van der Waals surface area contributed by atoms with Crippen molar-refractivity contribution in [2.75, 3.05) is 13.2 Å². The topological polar surface area (TPSA) is 119 Å². The second-order valence-corrected chi connectivity index (χ2v) is 8.07. The number of carbonyl (C=O) groups is 2. The fourth-order valence-electron chi connectivity index (χ4n) is 3.62. The van der Waals surface area contributed by atoms with Crippen LogP contribution in [0.5, 0.6) is 5.75 Å². The summed E-state index contributed by atoms with van der Waals surface area (Å²) in [5.41, 5.74) is 1.29. The molecule has 36 heavy (non-hydrogen) atoms. The van der Waals surface area contributed by atoms with Crippen LogP contribution in [-0.4, -0.2) is 34.6 Å². The Morgan fingerprint density at radius 3 is 2.28 bits per heavy atom. The molecule has 4 aromatic rings. The van der Waals surface area contributed by atoms with E-state index in [0.717, 1.165) is 15.9 Å². The van der Waals surface area contributed by atoms with Crippen molar-refractivity contribution in [3.05, 3.63) is 110 Å². The molecule has 2 N–H and O–H groups in total. The van der Waals surface area contributed by atoms with E-state index in [0.29, 0.717) is 23.2 Å². The van der Waals surface area contributed by atoms with Gasteiger partial charge >= 0.3 is 11.7 Å². The third-order valence-corrected chi connectivity index (χ3v) is 5.68. The number of amides is 1. The number of aromatic nitrogens is 2. The van der Waals surface area contributed by atoms with Gasteiger partial charge in [0, 0.05) is 12.1 Å². The van der Waals surface area contributed by atoms with Crippen LogP contribution in [-0.2, 0) is 17.8 Å². The first-order valence-electron chi connectivity index (χ1n) is 10.9. The first kappa shape index (κ1) is 24.7. The Labute approximate surface area is 210 Å². The Morgan fingerprint density at radius 2 is 1.61 bits per heavy atom. The van der Waals surface area contributed by atoms with E-state index in [-0.39, 0.29) is 29.5 Å². The Hall–Kier alpha value is -4.37. The maximum atomic E-state index is 13.1. The van der Waals surface area contributed by atoms with Crippen LogP contribution in [0.1, 0.15) is 31.8 Å². The van der Waals surface area contributed by atoms with E-state index in [4.69, 9.17) is 21.1 Å². The number of hydrogen-bond acceptors (Lipinski definition) is 6. The van der Waals surface area contributed by atoms with E-state index >= 15 is 0 Å². The van der Waals surface area contributed by atoms with Gasteiger partial charge in [0.15, 0.2) is 6.07 Å². The summed E-state index contributed by atoms with van der Waals surface area (Å²) in [4.78, 5) is 52.9. The van der Waals surface area contributed by atoms with Crippen LogP contribution in [0.15, 0.2) is 76.3 Å². The summed E-state index contributed by atoms with van der Waals surface area (Å²) < 4.78 is 10.9. The number of fused-ring (bicyclic) bond motifs is 1. The molecule has 0 bridgehead atoms. The Kier molecular flexibility index (Phi) is 7.50. The van der Waals surface area contributed by atoms with Gasteiger partial charge in [0.05, 0.1) is 30.1 Å². The van der Waals surface area contributed by atoms with Crippen molar-refractivity contribution in [2.24, 2.45) is 0 Å². The minimum absolute atomic E-state index is 0.0250. The molecule has 4 rings (SSSR count). The predicted octanol–water partition coefficient (Wildman–Crippen LogP) is 3.03. The van der Waals surface area contributed by atoms with Gasteiger partial charge in [-0.2, -0.15) is 0 Å². The highest BCUT2D eigenvalue weighted by Crippen LogP contribution is 2.13. The largest absolute Gasteiger partial charge is 0.497 e. The van der Waals surface area contributed by atoms with E-state index in [1.165, 1.54) is 24.3 Å². The fraction of sp³-hybridized carbons (Fsp3) is 0.154. The zero-order chi connectivity index (χ0) is 25.7. The number of esters is 1. The number of halogens is 1. The zero-order valence-corrected chi connectivity index (χ0v) is 20.0. The van der Waals surface area contributed by atoms with E-state index in [1.54, 1.807) is 37.4 Å². The highest BCUT2D eigenvalue weighted by atomic mass is 35.5. The smallest absolute Gasteiger partial charge is 0.339 e. The molecule has 1 heterocycles. The molecular weight excluding hydrogens is 486 g/mol. The van der Waals surface area contributed by atoms with Gasteiger partial charge in [-0.3, -0.25) is 14.2 Å². The van der Waals surface area contributed by atoms with Gasteiger partial charge in [0.2, 0.25) is 0 Å². The maximum absolute atomic E-state index is 13.1. The lowest BCUT2D eigenvalue weighted by atomic mass is 10.1. The monoisotopic (exact) mass is 507 g/mol. The Balaban J connectivity index is 1.55. The Bertz CT molecular complexity index is 1530. The quantitative estimate of drug-likeness (QED) is 0.279. The van der Waals surface area contributed by atoms with Gasteiger partial charge in [0.25, 0.3) is 11.5 Å². The van der Waals surface area contributed by atoms with E-state index in [9.17, 15) is 19.2 Å². The van der Waals surface area contributed by atoms with E-state index < -0.39 is 17.2 Å². The SMILES string of the molecule is COc1ccc(CNC(=O)c2ccc3[nH]c(=O)n(Cc4ccc(C(=O)OCCl)cc4)c(=O)c3c2)cc1. The molecule has 1 amide bonds. The average molecular weight is 508 g/mol. The fourth-order valence-corrected chi connectivity index (χ4v) is 3.72. The number of benzene rings is 3. The summed E-state index contributed by atoms with van der Waals surface area (Å²) in [7, 11) is 1.58. The second-order valence-electron chi connectivity index (χ2n) is 7.85. The molecule has 0 aliphatic carbocycles. The number of methoxy groups -OCH3 is 1. The first-order chi connectivity index (χ1) is 17.4. The molecule has 0 fully saturated rings. The average Bonchev–Trinajstić information content (AvgIpc) is 2.90. The molecule has 0 saturated carbocycles. The first-order valence-corrected chi connectivity index (χ1v) is 11.4. The molecule has 10 heteroatoms. The molecule has 9 nitrogen and oxygen atoms in total. The molecule has 3 aromatic carbocycles. The van der Waals surface area contributed by atoms with Crippen LogP contribution >= 0.6 is 11.6 Å². The number of hydrogen-bond donors (Lipinski definition) is 2. The van der Waals surface area contributed by atoms with Crippen molar-refractivity contribution in [2.45, 2.75) is 13.1 Å². The van der Waals surface area contributed by atoms with Gasteiger partial charge in [-0.1, -0.05) is 35.9 Å². The summed E-state index contributed by atoms with van der Waals surface area (Å²) in [5.74, 6) is -0.214. The molecule has 0 aliphatic rings. The molecule has 1 aromatic heterocycles. The van der Waals surface area contributed by atoms with Crippen molar-refractivity contribution >= 4 is 34.4 Å². The van der Waals surface area contributed by atoms with Gasteiger partial charge in [-0.25, -0.2) is 9.59 Å². The highest BCUT2D eigenvalue weighted by Gasteiger charge is 2.13. The molecule has 0 radical (unpaired) electrons. The molecule has 0 spiro atoms. The minimum Gasteiger partial charge on any atom is -0.497 e.